The number of rotatable bonds is 5. The van der Waals surface area contributed by atoms with Crippen molar-refractivity contribution in [3.8, 4) is 0 Å². The summed E-state index contributed by atoms with van der Waals surface area (Å²) in [5.41, 5.74) is 6.76. The molecular formula is C16H25N7O. The molecule has 130 valence electrons. The number of anilines is 2. The van der Waals surface area contributed by atoms with Crippen LogP contribution in [-0.2, 0) is 11.8 Å². The number of nitrogen functional groups attached to an aromatic ring is 1. The minimum atomic E-state index is 0.0795. The fraction of sp³-hybridized carbons (Fsp3) is 0.625. The average Bonchev–Trinajstić information content (AvgIpc) is 2.97. The van der Waals surface area contributed by atoms with Gasteiger partial charge in [0.25, 0.3) is 0 Å². The van der Waals surface area contributed by atoms with E-state index in [1.807, 2.05) is 7.05 Å². The van der Waals surface area contributed by atoms with Crippen LogP contribution in [0.2, 0.25) is 0 Å². The second-order valence-corrected chi connectivity index (χ2v) is 6.32. The maximum Gasteiger partial charge on any atom is 0.229 e. The highest BCUT2D eigenvalue weighted by molar-refractivity contribution is 5.86. The number of fused-ring (bicyclic) bond motifs is 1. The van der Waals surface area contributed by atoms with Crippen LogP contribution in [0.3, 0.4) is 0 Å². The van der Waals surface area contributed by atoms with Gasteiger partial charge in [-0.2, -0.15) is 15.1 Å². The van der Waals surface area contributed by atoms with Crippen molar-refractivity contribution in [3.05, 3.63) is 6.20 Å². The van der Waals surface area contributed by atoms with Crippen LogP contribution in [0, 0.1) is 5.92 Å². The molecule has 3 N–H and O–H groups in total. The Morgan fingerprint density at radius 1 is 1.38 bits per heavy atom. The molecule has 8 heteroatoms. The zero-order chi connectivity index (χ0) is 17.1. The molecule has 2 aromatic rings. The van der Waals surface area contributed by atoms with E-state index in [-0.39, 0.29) is 11.8 Å². The summed E-state index contributed by atoms with van der Waals surface area (Å²) in [4.78, 5) is 23.3. The SMILES string of the molecule is CCCCNC(=O)C1CCN(c2nc(N)c3cnn(C)c3n2)CC1. The molecule has 0 unspecified atom stereocenters. The van der Waals surface area contributed by atoms with Crippen LogP contribution in [0.25, 0.3) is 11.0 Å². The Balaban J connectivity index is 1.64. The first-order valence-corrected chi connectivity index (χ1v) is 8.58. The Bertz CT molecular complexity index is 719. The van der Waals surface area contributed by atoms with E-state index < -0.39 is 0 Å². The number of hydrogen-bond acceptors (Lipinski definition) is 6. The summed E-state index contributed by atoms with van der Waals surface area (Å²) in [5.74, 6) is 1.32. The van der Waals surface area contributed by atoms with Gasteiger partial charge >= 0.3 is 0 Å². The molecule has 24 heavy (non-hydrogen) atoms. The predicted octanol–water partition coefficient (Wildman–Crippen LogP) is 1.08. The highest BCUT2D eigenvalue weighted by Gasteiger charge is 2.26. The minimum Gasteiger partial charge on any atom is -0.383 e. The first-order valence-electron chi connectivity index (χ1n) is 8.58. The largest absolute Gasteiger partial charge is 0.383 e. The molecule has 1 fully saturated rings. The van der Waals surface area contributed by atoms with Gasteiger partial charge in [0.15, 0.2) is 5.65 Å². The zero-order valence-electron chi connectivity index (χ0n) is 14.3. The van der Waals surface area contributed by atoms with Gasteiger partial charge in [0.2, 0.25) is 11.9 Å². The molecule has 1 saturated heterocycles. The summed E-state index contributed by atoms with van der Waals surface area (Å²) in [6.07, 6.45) is 5.42. The maximum atomic E-state index is 12.2. The number of amides is 1. The Morgan fingerprint density at radius 3 is 2.83 bits per heavy atom. The highest BCUT2D eigenvalue weighted by atomic mass is 16.1. The number of hydrogen-bond donors (Lipinski definition) is 2. The number of nitrogens with zero attached hydrogens (tertiary/aromatic N) is 5. The van der Waals surface area contributed by atoms with Crippen LogP contribution < -0.4 is 16.0 Å². The van der Waals surface area contributed by atoms with Gasteiger partial charge in [-0.1, -0.05) is 13.3 Å². The van der Waals surface area contributed by atoms with Crippen LogP contribution in [0.1, 0.15) is 32.6 Å². The standard InChI is InChI=1S/C16H25N7O/c1-3-4-7-18-15(24)11-5-8-23(9-6-11)16-20-13(17)12-10-19-22(2)14(12)21-16/h10-11H,3-9H2,1-2H3,(H,18,24)(H2,17,20,21). The molecule has 1 aliphatic rings. The lowest BCUT2D eigenvalue weighted by Crippen LogP contribution is -2.41. The van der Waals surface area contributed by atoms with Crippen molar-refractivity contribution in [2.24, 2.45) is 13.0 Å². The van der Waals surface area contributed by atoms with Crippen LogP contribution in [0.5, 0.6) is 0 Å². The van der Waals surface area contributed by atoms with Crippen molar-refractivity contribution < 1.29 is 4.79 Å². The van der Waals surface area contributed by atoms with Crippen molar-refractivity contribution in [2.45, 2.75) is 32.6 Å². The topological polar surface area (TPSA) is 102 Å². The average molecular weight is 331 g/mol. The smallest absolute Gasteiger partial charge is 0.229 e. The monoisotopic (exact) mass is 331 g/mol. The third-order valence-corrected chi connectivity index (χ3v) is 4.59. The summed E-state index contributed by atoms with van der Waals surface area (Å²) < 4.78 is 1.70. The summed E-state index contributed by atoms with van der Waals surface area (Å²) in [5, 5.41) is 7.97. The van der Waals surface area contributed by atoms with Gasteiger partial charge in [-0.3, -0.25) is 9.48 Å². The van der Waals surface area contributed by atoms with E-state index in [2.05, 4.69) is 32.2 Å². The van der Waals surface area contributed by atoms with E-state index in [9.17, 15) is 4.79 Å². The number of nitrogens with two attached hydrogens (primary N) is 1. The molecule has 8 nitrogen and oxygen atoms in total. The van der Waals surface area contributed by atoms with E-state index in [0.717, 1.165) is 56.4 Å². The molecule has 2 aromatic heterocycles. The van der Waals surface area contributed by atoms with Crippen molar-refractivity contribution in [1.29, 1.82) is 0 Å². The number of unbranched alkanes of at least 4 members (excludes halogenated alkanes) is 1. The number of nitrogens with one attached hydrogen (secondary N) is 1. The number of carbonyl (C=O) groups is 1. The summed E-state index contributed by atoms with van der Waals surface area (Å²) >= 11 is 0. The molecule has 3 heterocycles. The normalized spacial score (nSPS) is 15.8. The van der Waals surface area contributed by atoms with Gasteiger partial charge in [-0.05, 0) is 19.3 Å². The molecule has 1 aliphatic heterocycles. The highest BCUT2D eigenvalue weighted by Crippen LogP contribution is 2.24. The molecule has 0 aromatic carbocycles. The van der Waals surface area contributed by atoms with E-state index in [1.54, 1.807) is 10.9 Å². The number of aromatic nitrogens is 4. The Kier molecular flexibility index (Phi) is 4.82. The van der Waals surface area contributed by atoms with Crippen LogP contribution in [0.15, 0.2) is 6.20 Å². The molecular weight excluding hydrogens is 306 g/mol. The van der Waals surface area contributed by atoms with Gasteiger partial charge in [0.05, 0.1) is 11.6 Å². The lowest BCUT2D eigenvalue weighted by Gasteiger charge is -2.31. The van der Waals surface area contributed by atoms with Gasteiger partial charge in [-0.25, -0.2) is 0 Å². The van der Waals surface area contributed by atoms with Crippen molar-refractivity contribution in [3.63, 3.8) is 0 Å². The summed E-state index contributed by atoms with van der Waals surface area (Å²) in [7, 11) is 1.84. The second kappa shape index (κ2) is 7.02. The Hall–Kier alpha value is -2.38. The molecule has 3 rings (SSSR count). The second-order valence-electron chi connectivity index (χ2n) is 6.32. The van der Waals surface area contributed by atoms with Gasteiger partial charge in [-0.15, -0.1) is 0 Å². The van der Waals surface area contributed by atoms with Gasteiger partial charge < -0.3 is 16.0 Å². The predicted molar refractivity (Wildman–Crippen MR) is 93.6 cm³/mol. The number of carbonyl (C=O) groups excluding carboxylic acids is 1. The van der Waals surface area contributed by atoms with Crippen molar-refractivity contribution >= 4 is 28.7 Å². The Morgan fingerprint density at radius 2 is 2.12 bits per heavy atom. The van der Waals surface area contributed by atoms with Gasteiger partial charge in [0, 0.05) is 32.6 Å². The minimum absolute atomic E-state index is 0.0795. The zero-order valence-corrected chi connectivity index (χ0v) is 14.3. The molecule has 0 aliphatic carbocycles. The molecule has 0 bridgehead atoms. The summed E-state index contributed by atoms with van der Waals surface area (Å²) in [6, 6.07) is 0. The first kappa shape index (κ1) is 16.5. The lowest BCUT2D eigenvalue weighted by atomic mass is 9.96. The molecule has 1 amide bonds. The third kappa shape index (κ3) is 3.27. The van der Waals surface area contributed by atoms with Crippen LogP contribution in [-0.4, -0.2) is 45.3 Å². The quantitative estimate of drug-likeness (QED) is 0.795. The molecule has 0 spiro atoms. The molecule has 0 saturated carbocycles. The first-order chi connectivity index (χ1) is 11.6. The lowest BCUT2D eigenvalue weighted by molar-refractivity contribution is -0.125. The Labute approximate surface area is 141 Å². The summed E-state index contributed by atoms with van der Waals surface area (Å²) in [6.45, 7) is 4.41. The fourth-order valence-corrected chi connectivity index (χ4v) is 3.05. The van der Waals surface area contributed by atoms with E-state index in [4.69, 9.17) is 5.73 Å². The van der Waals surface area contributed by atoms with Crippen LogP contribution >= 0.6 is 0 Å². The van der Waals surface area contributed by atoms with Crippen molar-refractivity contribution in [2.75, 3.05) is 30.3 Å². The van der Waals surface area contributed by atoms with E-state index in [1.165, 1.54) is 0 Å². The van der Waals surface area contributed by atoms with Gasteiger partial charge in [0.1, 0.15) is 5.82 Å². The van der Waals surface area contributed by atoms with E-state index in [0.29, 0.717) is 11.8 Å². The third-order valence-electron chi connectivity index (χ3n) is 4.59. The number of piperidine rings is 1. The van der Waals surface area contributed by atoms with E-state index >= 15 is 0 Å². The molecule has 0 radical (unpaired) electrons. The van der Waals surface area contributed by atoms with Crippen LogP contribution in [0.4, 0.5) is 11.8 Å². The number of aryl methyl sites for hydroxylation is 1. The van der Waals surface area contributed by atoms with Crippen molar-refractivity contribution in [1.82, 2.24) is 25.1 Å². The maximum absolute atomic E-state index is 12.2. The molecule has 0 atom stereocenters. The fourth-order valence-electron chi connectivity index (χ4n) is 3.05.